The molecule has 1 aromatic carbocycles. The van der Waals surface area contributed by atoms with E-state index < -0.39 is 0 Å². The van der Waals surface area contributed by atoms with E-state index in [-0.39, 0.29) is 23.7 Å². The van der Waals surface area contributed by atoms with Crippen molar-refractivity contribution in [2.45, 2.75) is 26.3 Å². The number of hydrogen-bond donors (Lipinski definition) is 1. The van der Waals surface area contributed by atoms with Crippen molar-refractivity contribution in [3.8, 4) is 11.4 Å². The first kappa shape index (κ1) is 15.6. The fourth-order valence-electron chi connectivity index (χ4n) is 2.78. The summed E-state index contributed by atoms with van der Waals surface area (Å²) in [6.07, 6.45) is 0.740. The number of rotatable bonds is 4. The molecule has 2 aromatic rings. The van der Waals surface area contributed by atoms with Gasteiger partial charge in [0.15, 0.2) is 0 Å². The van der Waals surface area contributed by atoms with Gasteiger partial charge in [0, 0.05) is 12.1 Å². The second-order valence-corrected chi connectivity index (χ2v) is 5.98. The molecular formula is C16H19FN4O2. The van der Waals surface area contributed by atoms with Gasteiger partial charge >= 0.3 is 0 Å². The monoisotopic (exact) mass is 318 g/mol. The fraction of sp³-hybridized carbons (Fsp3) is 0.438. The zero-order valence-corrected chi connectivity index (χ0v) is 13.1. The lowest BCUT2D eigenvalue weighted by Crippen LogP contribution is -2.29. The van der Waals surface area contributed by atoms with Crippen LogP contribution in [0.15, 0.2) is 22.7 Å². The summed E-state index contributed by atoms with van der Waals surface area (Å²) >= 11 is 0. The van der Waals surface area contributed by atoms with Crippen LogP contribution in [0.25, 0.3) is 11.4 Å². The van der Waals surface area contributed by atoms with E-state index >= 15 is 0 Å². The van der Waals surface area contributed by atoms with Crippen molar-refractivity contribution in [2.75, 3.05) is 13.1 Å². The highest BCUT2D eigenvalue weighted by atomic mass is 19.1. The van der Waals surface area contributed by atoms with Gasteiger partial charge in [0.25, 0.3) is 0 Å². The molecule has 2 heterocycles. The predicted octanol–water partition coefficient (Wildman–Crippen LogP) is 2.05. The molecule has 23 heavy (non-hydrogen) atoms. The van der Waals surface area contributed by atoms with Gasteiger partial charge in [0.2, 0.25) is 17.6 Å². The lowest BCUT2D eigenvalue weighted by atomic mass is 10.1. The first-order valence-electron chi connectivity index (χ1n) is 7.59. The number of halogens is 1. The van der Waals surface area contributed by atoms with Gasteiger partial charge in [-0.25, -0.2) is 4.39 Å². The number of carbonyl (C=O) groups is 1. The molecule has 7 heteroatoms. The van der Waals surface area contributed by atoms with E-state index in [1.165, 1.54) is 6.07 Å². The minimum atomic E-state index is -0.300. The third-order valence-electron chi connectivity index (χ3n) is 4.40. The number of nitrogens with zero attached hydrogens (tertiary/aromatic N) is 3. The zero-order valence-electron chi connectivity index (χ0n) is 13.1. The number of aryl methyl sites for hydroxylation is 1. The predicted molar refractivity (Wildman–Crippen MR) is 81.7 cm³/mol. The highest BCUT2D eigenvalue weighted by Crippen LogP contribution is 2.28. The molecular weight excluding hydrogens is 299 g/mol. The van der Waals surface area contributed by atoms with Crippen LogP contribution in [-0.2, 0) is 4.79 Å². The van der Waals surface area contributed by atoms with E-state index in [2.05, 4.69) is 15.0 Å². The topological polar surface area (TPSA) is 85.3 Å². The number of primary amides is 1. The first-order chi connectivity index (χ1) is 11.0. The number of carbonyl (C=O) groups excluding carboxylic acids is 1. The smallest absolute Gasteiger partial charge is 0.244 e. The molecule has 0 spiro atoms. The van der Waals surface area contributed by atoms with Crippen LogP contribution in [-0.4, -0.2) is 34.0 Å². The van der Waals surface area contributed by atoms with Crippen LogP contribution in [0.3, 0.4) is 0 Å². The van der Waals surface area contributed by atoms with Crippen molar-refractivity contribution in [3.63, 3.8) is 0 Å². The number of amides is 1. The third kappa shape index (κ3) is 3.10. The van der Waals surface area contributed by atoms with Gasteiger partial charge in [-0.15, -0.1) is 0 Å². The zero-order chi connectivity index (χ0) is 16.6. The average molecular weight is 318 g/mol. The van der Waals surface area contributed by atoms with Crippen LogP contribution in [0, 0.1) is 18.7 Å². The maximum Gasteiger partial charge on any atom is 0.244 e. The largest absolute Gasteiger partial charge is 0.369 e. The normalized spacial score (nSPS) is 19.9. The van der Waals surface area contributed by atoms with Gasteiger partial charge in [0.05, 0.1) is 12.0 Å². The van der Waals surface area contributed by atoms with Gasteiger partial charge in [0.1, 0.15) is 5.82 Å². The van der Waals surface area contributed by atoms with Gasteiger partial charge in [-0.3, -0.25) is 9.69 Å². The maximum absolute atomic E-state index is 13.7. The summed E-state index contributed by atoms with van der Waals surface area (Å²) in [5, 5.41) is 3.93. The number of aromatic nitrogens is 2. The Kier molecular flexibility index (Phi) is 4.12. The summed E-state index contributed by atoms with van der Waals surface area (Å²) in [4.78, 5) is 17.7. The Hall–Kier alpha value is -2.28. The van der Waals surface area contributed by atoms with Crippen LogP contribution in [0.5, 0.6) is 0 Å². The maximum atomic E-state index is 13.7. The Bertz CT molecular complexity index is 731. The summed E-state index contributed by atoms with van der Waals surface area (Å²) in [6.45, 7) is 4.99. The number of likely N-dealkylation sites (tertiary alicyclic amines) is 1. The van der Waals surface area contributed by atoms with Crippen LogP contribution in [0.1, 0.15) is 30.8 Å². The fourth-order valence-corrected chi connectivity index (χ4v) is 2.78. The summed E-state index contributed by atoms with van der Waals surface area (Å²) in [5.41, 5.74) is 6.50. The lowest BCUT2D eigenvalue weighted by molar-refractivity contribution is -0.121. The molecule has 1 aliphatic heterocycles. The van der Waals surface area contributed by atoms with Crippen molar-refractivity contribution < 1.29 is 13.7 Å². The Labute approximate surface area is 133 Å². The quantitative estimate of drug-likeness (QED) is 0.932. The molecule has 1 saturated heterocycles. The molecule has 1 amide bonds. The van der Waals surface area contributed by atoms with Crippen LogP contribution in [0.4, 0.5) is 4.39 Å². The molecule has 6 nitrogen and oxygen atoms in total. The molecule has 1 fully saturated rings. The average Bonchev–Trinajstić information content (AvgIpc) is 3.18. The van der Waals surface area contributed by atoms with E-state index in [4.69, 9.17) is 10.3 Å². The van der Waals surface area contributed by atoms with Crippen molar-refractivity contribution >= 4 is 5.91 Å². The van der Waals surface area contributed by atoms with Gasteiger partial charge in [-0.2, -0.15) is 4.98 Å². The lowest BCUT2D eigenvalue weighted by Gasteiger charge is -2.20. The highest BCUT2D eigenvalue weighted by molar-refractivity contribution is 5.77. The summed E-state index contributed by atoms with van der Waals surface area (Å²) in [5.74, 6) is 0.0975. The molecule has 2 atom stereocenters. The molecule has 1 aliphatic rings. The van der Waals surface area contributed by atoms with Crippen molar-refractivity contribution in [1.82, 2.24) is 15.0 Å². The summed E-state index contributed by atoms with van der Waals surface area (Å²) < 4.78 is 19.0. The van der Waals surface area contributed by atoms with Gasteiger partial charge in [-0.1, -0.05) is 17.3 Å². The van der Waals surface area contributed by atoms with Crippen LogP contribution < -0.4 is 5.73 Å². The number of hydrogen-bond acceptors (Lipinski definition) is 5. The minimum absolute atomic E-state index is 0.115. The first-order valence-corrected chi connectivity index (χ1v) is 7.59. The molecule has 3 rings (SSSR count). The summed E-state index contributed by atoms with van der Waals surface area (Å²) in [7, 11) is 0. The van der Waals surface area contributed by atoms with E-state index in [1.807, 2.05) is 6.92 Å². The van der Waals surface area contributed by atoms with Crippen LogP contribution >= 0.6 is 0 Å². The molecule has 0 saturated carbocycles. The third-order valence-corrected chi connectivity index (χ3v) is 4.40. The van der Waals surface area contributed by atoms with Crippen LogP contribution in [0.2, 0.25) is 0 Å². The van der Waals surface area contributed by atoms with Gasteiger partial charge < -0.3 is 10.3 Å². The Morgan fingerprint density at radius 3 is 2.96 bits per heavy atom. The Morgan fingerprint density at radius 1 is 1.52 bits per heavy atom. The van der Waals surface area contributed by atoms with Crippen molar-refractivity contribution in [3.05, 3.63) is 35.5 Å². The molecule has 2 N–H and O–H groups in total. The van der Waals surface area contributed by atoms with Gasteiger partial charge in [-0.05, 0) is 38.4 Å². The molecule has 1 aromatic heterocycles. The Morgan fingerprint density at radius 2 is 2.30 bits per heavy atom. The van der Waals surface area contributed by atoms with Crippen molar-refractivity contribution in [1.29, 1.82) is 0 Å². The SMILES string of the molecule is Cc1ccc(-c2noc([C@H](C)N3CC[C@@H](C(N)=O)C3)n2)cc1F. The highest BCUT2D eigenvalue weighted by Gasteiger charge is 2.32. The van der Waals surface area contributed by atoms with E-state index in [9.17, 15) is 9.18 Å². The van der Waals surface area contributed by atoms with E-state index in [1.54, 1.807) is 19.1 Å². The van der Waals surface area contributed by atoms with E-state index in [0.29, 0.717) is 29.4 Å². The molecule has 122 valence electrons. The number of benzene rings is 1. The summed E-state index contributed by atoms with van der Waals surface area (Å²) in [6, 6.07) is 4.72. The molecule has 0 unspecified atom stereocenters. The molecule has 0 aliphatic carbocycles. The second-order valence-electron chi connectivity index (χ2n) is 5.98. The standard InChI is InChI=1S/C16H19FN4O2/c1-9-3-4-11(7-13(9)17)15-19-16(23-20-15)10(2)21-6-5-12(8-21)14(18)22/h3-4,7,10,12H,5-6,8H2,1-2H3,(H2,18,22)/t10-,12+/m0/s1. The minimum Gasteiger partial charge on any atom is -0.369 e. The molecule has 0 bridgehead atoms. The van der Waals surface area contributed by atoms with E-state index in [0.717, 1.165) is 13.0 Å². The van der Waals surface area contributed by atoms with Crippen molar-refractivity contribution in [2.24, 2.45) is 11.7 Å². The Balaban J connectivity index is 1.76. The second kappa shape index (κ2) is 6.08. The number of nitrogens with two attached hydrogens (primary N) is 1. The molecule has 0 radical (unpaired) electrons.